The number of aromatic nitrogens is 2. The minimum absolute atomic E-state index is 0.785. The van der Waals surface area contributed by atoms with Crippen molar-refractivity contribution in [2.75, 3.05) is 31.1 Å². The molecule has 0 bridgehead atoms. The standard InChI is InChI=1S/C15H18N4/c1-10-15(18-14-5-3-2-4-13(14)17-10)19-8-11-6-16-7-12(11)9-19/h2-5,11-12,16H,6-9H2,1H3/t11-,12+. The lowest BCUT2D eigenvalue weighted by Crippen LogP contribution is -2.27. The van der Waals surface area contributed by atoms with E-state index in [9.17, 15) is 0 Å². The molecule has 4 nitrogen and oxygen atoms in total. The first-order valence-corrected chi connectivity index (χ1v) is 7.00. The highest BCUT2D eigenvalue weighted by Crippen LogP contribution is 2.31. The first-order valence-electron chi connectivity index (χ1n) is 7.00. The molecule has 0 spiro atoms. The first kappa shape index (κ1) is 11.2. The monoisotopic (exact) mass is 254 g/mol. The van der Waals surface area contributed by atoms with Crippen LogP contribution >= 0.6 is 0 Å². The molecule has 1 aromatic heterocycles. The van der Waals surface area contributed by atoms with Crippen molar-refractivity contribution < 1.29 is 0 Å². The van der Waals surface area contributed by atoms with Gasteiger partial charge in [-0.05, 0) is 30.9 Å². The van der Waals surface area contributed by atoms with E-state index >= 15 is 0 Å². The summed E-state index contributed by atoms with van der Waals surface area (Å²) in [6.45, 7) is 6.61. The van der Waals surface area contributed by atoms with Crippen LogP contribution < -0.4 is 10.2 Å². The van der Waals surface area contributed by atoms with Gasteiger partial charge in [0.25, 0.3) is 0 Å². The van der Waals surface area contributed by atoms with Gasteiger partial charge < -0.3 is 10.2 Å². The third-order valence-electron chi connectivity index (χ3n) is 4.41. The maximum atomic E-state index is 4.83. The van der Waals surface area contributed by atoms with Gasteiger partial charge in [-0.15, -0.1) is 0 Å². The van der Waals surface area contributed by atoms with E-state index in [0.29, 0.717) is 0 Å². The van der Waals surface area contributed by atoms with Gasteiger partial charge in [0.15, 0.2) is 5.82 Å². The van der Waals surface area contributed by atoms with Gasteiger partial charge in [-0.2, -0.15) is 0 Å². The Morgan fingerprint density at radius 2 is 1.68 bits per heavy atom. The molecule has 0 radical (unpaired) electrons. The predicted molar refractivity (Wildman–Crippen MR) is 76.3 cm³/mol. The molecule has 19 heavy (non-hydrogen) atoms. The zero-order valence-electron chi connectivity index (χ0n) is 11.1. The molecule has 2 aromatic rings. The third-order valence-corrected chi connectivity index (χ3v) is 4.41. The summed E-state index contributed by atoms with van der Waals surface area (Å²) in [5.74, 6) is 2.65. The van der Waals surface area contributed by atoms with Gasteiger partial charge in [0.05, 0.1) is 16.7 Å². The highest BCUT2D eigenvalue weighted by atomic mass is 15.2. The number of anilines is 1. The van der Waals surface area contributed by atoms with Crippen molar-refractivity contribution in [1.82, 2.24) is 15.3 Å². The van der Waals surface area contributed by atoms with E-state index in [0.717, 1.165) is 60.6 Å². The minimum atomic E-state index is 0.785. The molecule has 1 N–H and O–H groups in total. The molecule has 98 valence electrons. The maximum absolute atomic E-state index is 4.83. The summed E-state index contributed by atoms with van der Waals surface area (Å²) in [6.07, 6.45) is 0. The molecule has 0 unspecified atom stereocenters. The molecule has 2 aliphatic rings. The molecule has 1 aromatic carbocycles. The highest BCUT2D eigenvalue weighted by molar-refractivity contribution is 5.76. The van der Waals surface area contributed by atoms with E-state index in [2.05, 4.69) is 17.1 Å². The predicted octanol–water partition coefficient (Wildman–Crippen LogP) is 1.59. The van der Waals surface area contributed by atoms with Crippen LogP contribution in [0.15, 0.2) is 24.3 Å². The number of nitrogens with one attached hydrogen (secondary N) is 1. The van der Waals surface area contributed by atoms with Gasteiger partial charge in [-0.25, -0.2) is 9.97 Å². The molecule has 4 heteroatoms. The molecular weight excluding hydrogens is 236 g/mol. The average Bonchev–Trinajstić information content (AvgIpc) is 2.98. The fourth-order valence-electron chi connectivity index (χ4n) is 3.41. The van der Waals surface area contributed by atoms with Crippen LogP contribution in [-0.4, -0.2) is 36.1 Å². The van der Waals surface area contributed by atoms with Crippen molar-refractivity contribution >= 4 is 16.9 Å². The highest BCUT2D eigenvalue weighted by Gasteiger charge is 2.37. The number of hydrogen-bond acceptors (Lipinski definition) is 4. The Balaban J connectivity index is 1.73. The molecule has 0 saturated carbocycles. The lowest BCUT2D eigenvalue weighted by molar-refractivity contribution is 0.533. The summed E-state index contributed by atoms with van der Waals surface area (Å²) < 4.78 is 0. The van der Waals surface area contributed by atoms with Crippen molar-refractivity contribution in [2.45, 2.75) is 6.92 Å². The van der Waals surface area contributed by atoms with Crippen molar-refractivity contribution in [3.8, 4) is 0 Å². The third kappa shape index (κ3) is 1.78. The van der Waals surface area contributed by atoms with Crippen LogP contribution in [0.3, 0.4) is 0 Å². The average molecular weight is 254 g/mol. The summed E-state index contributed by atoms with van der Waals surface area (Å²) in [4.78, 5) is 11.9. The molecule has 0 aliphatic carbocycles. The number of aryl methyl sites for hydroxylation is 1. The lowest BCUT2D eigenvalue weighted by Gasteiger charge is -2.20. The van der Waals surface area contributed by atoms with E-state index in [4.69, 9.17) is 9.97 Å². The van der Waals surface area contributed by atoms with Gasteiger partial charge in [0, 0.05) is 26.2 Å². The summed E-state index contributed by atoms with van der Waals surface area (Å²) in [5.41, 5.74) is 3.04. The Bertz CT molecular complexity index is 613. The summed E-state index contributed by atoms with van der Waals surface area (Å²) in [5, 5.41) is 3.48. The van der Waals surface area contributed by atoms with E-state index in [-0.39, 0.29) is 0 Å². The first-order chi connectivity index (χ1) is 9.31. The second-order valence-electron chi connectivity index (χ2n) is 5.70. The Labute approximate surface area is 112 Å². The van der Waals surface area contributed by atoms with Gasteiger partial charge in [0.1, 0.15) is 0 Å². The van der Waals surface area contributed by atoms with E-state index in [1.54, 1.807) is 0 Å². The molecule has 0 amide bonds. The SMILES string of the molecule is Cc1nc2ccccc2nc1N1C[C@H]2CNC[C@H]2C1. The lowest BCUT2D eigenvalue weighted by atomic mass is 10.0. The Kier molecular flexibility index (Phi) is 2.45. The molecule has 2 fully saturated rings. The summed E-state index contributed by atoms with van der Waals surface area (Å²) in [7, 11) is 0. The Hall–Kier alpha value is -1.68. The van der Waals surface area contributed by atoms with Gasteiger partial charge in [-0.1, -0.05) is 12.1 Å². The summed E-state index contributed by atoms with van der Waals surface area (Å²) >= 11 is 0. The van der Waals surface area contributed by atoms with Gasteiger partial charge in [0.2, 0.25) is 0 Å². The Morgan fingerprint density at radius 1 is 1.05 bits per heavy atom. The van der Waals surface area contributed by atoms with E-state index in [1.165, 1.54) is 0 Å². The molecular formula is C15H18N4. The van der Waals surface area contributed by atoms with Crippen LogP contribution in [0.1, 0.15) is 5.69 Å². The van der Waals surface area contributed by atoms with Crippen molar-refractivity contribution in [2.24, 2.45) is 11.8 Å². The summed E-state index contributed by atoms with van der Waals surface area (Å²) in [6, 6.07) is 8.12. The fourth-order valence-corrected chi connectivity index (χ4v) is 3.41. The zero-order valence-corrected chi connectivity index (χ0v) is 11.1. The normalized spacial score (nSPS) is 26.1. The number of nitrogens with zero attached hydrogens (tertiary/aromatic N) is 3. The van der Waals surface area contributed by atoms with E-state index in [1.807, 2.05) is 24.3 Å². The molecule has 3 heterocycles. The molecule has 2 atom stereocenters. The molecule has 4 rings (SSSR count). The van der Waals surface area contributed by atoms with Gasteiger partial charge >= 0.3 is 0 Å². The van der Waals surface area contributed by atoms with Crippen LogP contribution in [0.5, 0.6) is 0 Å². The zero-order chi connectivity index (χ0) is 12.8. The smallest absolute Gasteiger partial charge is 0.150 e. The minimum Gasteiger partial charge on any atom is -0.354 e. The maximum Gasteiger partial charge on any atom is 0.150 e. The molecule has 2 aliphatic heterocycles. The van der Waals surface area contributed by atoms with Crippen molar-refractivity contribution in [1.29, 1.82) is 0 Å². The number of fused-ring (bicyclic) bond motifs is 2. The second-order valence-corrected chi connectivity index (χ2v) is 5.70. The number of rotatable bonds is 1. The number of hydrogen-bond donors (Lipinski definition) is 1. The van der Waals surface area contributed by atoms with Crippen LogP contribution in [0.4, 0.5) is 5.82 Å². The van der Waals surface area contributed by atoms with E-state index < -0.39 is 0 Å². The van der Waals surface area contributed by atoms with Crippen molar-refractivity contribution in [3.05, 3.63) is 30.0 Å². The van der Waals surface area contributed by atoms with Gasteiger partial charge in [-0.3, -0.25) is 0 Å². The number of para-hydroxylation sites is 2. The van der Waals surface area contributed by atoms with Crippen LogP contribution in [-0.2, 0) is 0 Å². The second kappa shape index (κ2) is 4.17. The van der Waals surface area contributed by atoms with Crippen LogP contribution in [0, 0.1) is 18.8 Å². The van der Waals surface area contributed by atoms with Crippen LogP contribution in [0.25, 0.3) is 11.0 Å². The topological polar surface area (TPSA) is 41.1 Å². The van der Waals surface area contributed by atoms with Crippen LogP contribution in [0.2, 0.25) is 0 Å². The Morgan fingerprint density at radius 3 is 2.37 bits per heavy atom. The molecule has 2 saturated heterocycles. The number of benzene rings is 1. The fraction of sp³-hybridized carbons (Fsp3) is 0.467. The largest absolute Gasteiger partial charge is 0.354 e. The quantitative estimate of drug-likeness (QED) is 0.839. The van der Waals surface area contributed by atoms with Crippen molar-refractivity contribution in [3.63, 3.8) is 0 Å².